The number of rotatable bonds is 5. The summed E-state index contributed by atoms with van der Waals surface area (Å²) in [5.74, 6) is 3.38. The van der Waals surface area contributed by atoms with Crippen molar-refractivity contribution >= 4 is 18.3 Å². The minimum atomic E-state index is 0. The maximum atomic E-state index is 12.0. The van der Waals surface area contributed by atoms with Crippen LogP contribution in [0.5, 0.6) is 0 Å². The Morgan fingerprint density at radius 1 is 1.22 bits per heavy atom. The average molecular weight is 273 g/mol. The van der Waals surface area contributed by atoms with Crippen LogP contribution in [0, 0.1) is 23.7 Å². The molecule has 4 atom stereocenters. The number of hydrogen-bond acceptors (Lipinski definition) is 2. The molecular weight excluding hydrogens is 248 g/mol. The smallest absolute Gasteiger partial charge is 0.220 e. The minimum absolute atomic E-state index is 0. The second-order valence-corrected chi connectivity index (χ2v) is 6.39. The molecule has 3 rings (SSSR count). The molecule has 4 heteroatoms. The van der Waals surface area contributed by atoms with E-state index in [0.29, 0.717) is 18.4 Å². The highest BCUT2D eigenvalue weighted by atomic mass is 35.5. The van der Waals surface area contributed by atoms with E-state index in [0.717, 1.165) is 18.3 Å². The van der Waals surface area contributed by atoms with Gasteiger partial charge < -0.3 is 11.1 Å². The van der Waals surface area contributed by atoms with Crippen molar-refractivity contribution < 1.29 is 4.79 Å². The minimum Gasteiger partial charge on any atom is -0.352 e. The summed E-state index contributed by atoms with van der Waals surface area (Å²) < 4.78 is 0. The van der Waals surface area contributed by atoms with Gasteiger partial charge in [-0.1, -0.05) is 6.42 Å². The Morgan fingerprint density at radius 2 is 2.00 bits per heavy atom. The van der Waals surface area contributed by atoms with Gasteiger partial charge in [-0.2, -0.15) is 0 Å². The molecule has 0 heterocycles. The number of halogens is 1. The van der Waals surface area contributed by atoms with Crippen LogP contribution in [0.25, 0.3) is 0 Å². The predicted octanol–water partition coefficient (Wildman–Crippen LogP) is 2.09. The fourth-order valence-electron chi connectivity index (χ4n) is 4.00. The summed E-state index contributed by atoms with van der Waals surface area (Å²) in [6.07, 6.45) is 8.72. The maximum absolute atomic E-state index is 12.0. The van der Waals surface area contributed by atoms with Gasteiger partial charge in [-0.3, -0.25) is 4.79 Å². The van der Waals surface area contributed by atoms with Crippen LogP contribution in [-0.4, -0.2) is 18.5 Å². The van der Waals surface area contributed by atoms with Gasteiger partial charge in [0.05, 0.1) is 0 Å². The summed E-state index contributed by atoms with van der Waals surface area (Å²) in [6.45, 7) is 0.604. The van der Waals surface area contributed by atoms with Gasteiger partial charge in [0.15, 0.2) is 0 Å². The topological polar surface area (TPSA) is 55.1 Å². The van der Waals surface area contributed by atoms with Crippen LogP contribution in [0.1, 0.15) is 44.9 Å². The van der Waals surface area contributed by atoms with E-state index in [1.54, 1.807) is 0 Å². The van der Waals surface area contributed by atoms with Crippen LogP contribution in [0.3, 0.4) is 0 Å². The van der Waals surface area contributed by atoms with Crippen molar-refractivity contribution in [2.75, 3.05) is 6.54 Å². The summed E-state index contributed by atoms with van der Waals surface area (Å²) in [5, 5.41) is 3.15. The first kappa shape index (κ1) is 14.1. The lowest BCUT2D eigenvalue weighted by Crippen LogP contribution is -2.42. The van der Waals surface area contributed by atoms with E-state index >= 15 is 0 Å². The normalized spacial score (nSPS) is 35.1. The van der Waals surface area contributed by atoms with Gasteiger partial charge in [-0.15, -0.1) is 12.4 Å². The fraction of sp³-hybridized carbons (Fsp3) is 0.929. The first-order valence-electron chi connectivity index (χ1n) is 7.25. The second kappa shape index (κ2) is 5.79. The summed E-state index contributed by atoms with van der Waals surface area (Å²) >= 11 is 0. The van der Waals surface area contributed by atoms with E-state index in [9.17, 15) is 4.79 Å². The van der Waals surface area contributed by atoms with E-state index in [1.807, 2.05) is 0 Å². The van der Waals surface area contributed by atoms with Crippen LogP contribution in [0.2, 0.25) is 0 Å². The highest BCUT2D eigenvalue weighted by Gasteiger charge is 2.40. The van der Waals surface area contributed by atoms with Gasteiger partial charge in [0.25, 0.3) is 0 Å². The summed E-state index contributed by atoms with van der Waals surface area (Å²) in [6, 6.07) is 0.251. The van der Waals surface area contributed by atoms with E-state index in [-0.39, 0.29) is 24.4 Å². The Balaban J connectivity index is 0.00000120. The lowest BCUT2D eigenvalue weighted by molar-refractivity contribution is -0.123. The predicted molar refractivity (Wildman–Crippen MR) is 74.5 cm³/mol. The number of fused-ring (bicyclic) bond motifs is 2. The number of nitrogens with two attached hydrogens (primary N) is 1. The van der Waals surface area contributed by atoms with Crippen molar-refractivity contribution in [3.8, 4) is 0 Å². The number of hydrogen-bond donors (Lipinski definition) is 2. The van der Waals surface area contributed by atoms with Crippen molar-refractivity contribution in [2.45, 2.75) is 51.0 Å². The molecule has 2 bridgehead atoms. The summed E-state index contributed by atoms with van der Waals surface area (Å²) in [5.41, 5.74) is 5.72. The monoisotopic (exact) mass is 272 g/mol. The van der Waals surface area contributed by atoms with E-state index in [1.165, 1.54) is 38.5 Å². The highest BCUT2D eigenvalue weighted by Crippen LogP contribution is 2.49. The van der Waals surface area contributed by atoms with E-state index in [4.69, 9.17) is 5.73 Å². The van der Waals surface area contributed by atoms with Crippen LogP contribution >= 0.6 is 12.4 Å². The molecule has 0 aromatic heterocycles. The lowest BCUT2D eigenvalue weighted by Gasteiger charge is -2.23. The molecule has 0 aromatic carbocycles. The van der Waals surface area contributed by atoms with Crippen LogP contribution in [-0.2, 0) is 4.79 Å². The molecule has 3 N–H and O–H groups in total. The first-order valence-corrected chi connectivity index (χ1v) is 7.25. The largest absolute Gasteiger partial charge is 0.352 e. The zero-order valence-corrected chi connectivity index (χ0v) is 11.8. The standard InChI is InChI=1S/C14H24N2O.ClH/c15-8-13(10-3-4-10)16-14(17)7-12-6-9-1-2-11(12)5-9;/h9-13H,1-8,15H2,(H,16,17);1H. The van der Waals surface area contributed by atoms with Gasteiger partial charge in [0, 0.05) is 19.0 Å². The zero-order valence-electron chi connectivity index (χ0n) is 10.9. The first-order chi connectivity index (χ1) is 8.26. The van der Waals surface area contributed by atoms with Gasteiger partial charge in [0.2, 0.25) is 5.91 Å². The van der Waals surface area contributed by atoms with Gasteiger partial charge in [0.1, 0.15) is 0 Å². The molecule has 3 aliphatic carbocycles. The van der Waals surface area contributed by atoms with Crippen LogP contribution in [0.4, 0.5) is 0 Å². The van der Waals surface area contributed by atoms with Crippen molar-refractivity contribution in [3.63, 3.8) is 0 Å². The number of carbonyl (C=O) groups excluding carboxylic acids is 1. The highest BCUT2D eigenvalue weighted by molar-refractivity contribution is 5.85. The molecule has 0 radical (unpaired) electrons. The molecule has 3 saturated carbocycles. The Hall–Kier alpha value is -0.280. The van der Waals surface area contributed by atoms with Crippen molar-refractivity contribution in [3.05, 3.63) is 0 Å². The Kier molecular flexibility index (Phi) is 4.54. The Labute approximate surface area is 116 Å². The molecule has 4 unspecified atom stereocenters. The molecule has 0 aromatic rings. The van der Waals surface area contributed by atoms with Crippen molar-refractivity contribution in [1.82, 2.24) is 5.32 Å². The fourth-order valence-corrected chi connectivity index (χ4v) is 4.00. The Morgan fingerprint density at radius 3 is 2.50 bits per heavy atom. The average Bonchev–Trinajstić information content (AvgIpc) is 2.96. The molecule has 104 valence electrons. The van der Waals surface area contributed by atoms with Crippen molar-refractivity contribution in [1.29, 1.82) is 0 Å². The van der Waals surface area contributed by atoms with Crippen LogP contribution in [0.15, 0.2) is 0 Å². The Bertz CT molecular complexity index is 306. The SMILES string of the molecule is Cl.NCC(NC(=O)CC1CC2CCC1C2)C1CC1. The third-order valence-electron chi connectivity index (χ3n) is 5.12. The molecule has 3 nitrogen and oxygen atoms in total. The molecule has 0 saturated heterocycles. The van der Waals surface area contributed by atoms with Gasteiger partial charge >= 0.3 is 0 Å². The summed E-state index contributed by atoms with van der Waals surface area (Å²) in [4.78, 5) is 12.0. The molecular formula is C14H25ClN2O. The number of carbonyl (C=O) groups is 1. The number of amides is 1. The maximum Gasteiger partial charge on any atom is 0.220 e. The third kappa shape index (κ3) is 3.00. The van der Waals surface area contributed by atoms with Gasteiger partial charge in [-0.25, -0.2) is 0 Å². The molecule has 1 amide bonds. The molecule has 3 fully saturated rings. The molecule has 3 aliphatic rings. The molecule has 0 aliphatic heterocycles. The second-order valence-electron chi connectivity index (χ2n) is 6.39. The summed E-state index contributed by atoms with van der Waals surface area (Å²) in [7, 11) is 0. The zero-order chi connectivity index (χ0) is 11.8. The number of nitrogens with one attached hydrogen (secondary N) is 1. The van der Waals surface area contributed by atoms with Crippen molar-refractivity contribution in [2.24, 2.45) is 29.4 Å². The van der Waals surface area contributed by atoms with E-state index < -0.39 is 0 Å². The van der Waals surface area contributed by atoms with Gasteiger partial charge in [-0.05, 0) is 55.8 Å². The molecule has 0 spiro atoms. The quantitative estimate of drug-likeness (QED) is 0.805. The molecule has 18 heavy (non-hydrogen) atoms. The third-order valence-corrected chi connectivity index (χ3v) is 5.12. The lowest BCUT2D eigenvalue weighted by atomic mass is 9.86. The van der Waals surface area contributed by atoms with Crippen LogP contribution < -0.4 is 11.1 Å². The van der Waals surface area contributed by atoms with E-state index in [2.05, 4.69) is 5.32 Å².